The summed E-state index contributed by atoms with van der Waals surface area (Å²) in [5.41, 5.74) is 3.15. The van der Waals surface area contributed by atoms with E-state index in [4.69, 9.17) is 14.2 Å². The monoisotopic (exact) mass is 487 g/mol. The lowest BCUT2D eigenvalue weighted by molar-refractivity contribution is 0.268. The Hall–Kier alpha value is -2.57. The van der Waals surface area contributed by atoms with Gasteiger partial charge in [0, 0.05) is 11.0 Å². The van der Waals surface area contributed by atoms with Crippen molar-refractivity contribution >= 4 is 15.9 Å². The average Bonchev–Trinajstić information content (AvgIpc) is 2.78. The molecule has 31 heavy (non-hydrogen) atoms. The van der Waals surface area contributed by atoms with Crippen molar-refractivity contribution < 1.29 is 18.6 Å². The standard InChI is InChI=1S/C25H27BrFNO3/c1-3-30-24-14-20(16-28-13-12-19-6-4-5-7-23(19)29-2)22(26)15-25(24)31-17-18-8-10-21(27)11-9-18/h4-11,14-15,28H,3,12-13,16-17H2,1-2H3. The summed E-state index contributed by atoms with van der Waals surface area (Å²) in [4.78, 5) is 0. The minimum absolute atomic E-state index is 0.260. The molecular formula is C25H27BrFNO3. The topological polar surface area (TPSA) is 39.7 Å². The van der Waals surface area contributed by atoms with Crippen molar-refractivity contribution in [3.05, 3.63) is 87.6 Å². The molecule has 3 aromatic rings. The van der Waals surface area contributed by atoms with Gasteiger partial charge in [-0.1, -0.05) is 46.3 Å². The van der Waals surface area contributed by atoms with Crippen LogP contribution in [-0.2, 0) is 19.6 Å². The van der Waals surface area contributed by atoms with Crippen LogP contribution in [-0.4, -0.2) is 20.3 Å². The van der Waals surface area contributed by atoms with E-state index in [0.29, 0.717) is 31.3 Å². The van der Waals surface area contributed by atoms with E-state index in [9.17, 15) is 4.39 Å². The molecule has 0 amide bonds. The first-order valence-electron chi connectivity index (χ1n) is 10.3. The Morgan fingerprint density at radius 2 is 1.65 bits per heavy atom. The van der Waals surface area contributed by atoms with E-state index in [1.807, 2.05) is 37.3 Å². The number of hydrogen-bond donors (Lipinski definition) is 1. The van der Waals surface area contributed by atoms with Gasteiger partial charge in [0.05, 0.1) is 13.7 Å². The highest BCUT2D eigenvalue weighted by Gasteiger charge is 2.12. The molecule has 0 atom stereocenters. The zero-order valence-electron chi connectivity index (χ0n) is 17.8. The van der Waals surface area contributed by atoms with Gasteiger partial charge >= 0.3 is 0 Å². The third-order valence-corrected chi connectivity index (χ3v) is 5.54. The molecule has 0 aromatic heterocycles. The molecule has 0 fully saturated rings. The molecule has 0 aliphatic rings. The third-order valence-electron chi connectivity index (χ3n) is 4.80. The number of nitrogens with one attached hydrogen (secondary N) is 1. The van der Waals surface area contributed by atoms with Gasteiger partial charge in [-0.3, -0.25) is 0 Å². The molecule has 0 saturated carbocycles. The Morgan fingerprint density at radius 1 is 0.903 bits per heavy atom. The van der Waals surface area contributed by atoms with Crippen molar-refractivity contribution in [2.24, 2.45) is 0 Å². The number of benzene rings is 3. The van der Waals surface area contributed by atoms with Gasteiger partial charge in [-0.25, -0.2) is 4.39 Å². The average molecular weight is 488 g/mol. The lowest BCUT2D eigenvalue weighted by Crippen LogP contribution is -2.17. The smallest absolute Gasteiger partial charge is 0.162 e. The summed E-state index contributed by atoms with van der Waals surface area (Å²) in [5, 5.41) is 3.48. The van der Waals surface area contributed by atoms with Crippen LogP contribution in [0.25, 0.3) is 0 Å². The van der Waals surface area contributed by atoms with E-state index in [1.165, 1.54) is 17.7 Å². The van der Waals surface area contributed by atoms with E-state index in [2.05, 4.69) is 27.3 Å². The Morgan fingerprint density at radius 3 is 2.39 bits per heavy atom. The number of ether oxygens (including phenoxy) is 3. The Bertz CT molecular complexity index is 979. The summed E-state index contributed by atoms with van der Waals surface area (Å²) >= 11 is 3.64. The zero-order chi connectivity index (χ0) is 22.1. The van der Waals surface area contributed by atoms with Crippen molar-refractivity contribution in [1.29, 1.82) is 0 Å². The molecule has 0 spiro atoms. The number of para-hydroxylation sites is 1. The van der Waals surface area contributed by atoms with Gasteiger partial charge in [0.25, 0.3) is 0 Å². The summed E-state index contributed by atoms with van der Waals surface area (Å²) < 4.78 is 31.2. The van der Waals surface area contributed by atoms with Crippen LogP contribution in [0.4, 0.5) is 4.39 Å². The molecule has 164 valence electrons. The maximum absolute atomic E-state index is 13.1. The highest BCUT2D eigenvalue weighted by molar-refractivity contribution is 9.10. The summed E-state index contributed by atoms with van der Waals surface area (Å²) in [6.07, 6.45) is 0.874. The quantitative estimate of drug-likeness (QED) is 0.341. The van der Waals surface area contributed by atoms with Gasteiger partial charge in [0.2, 0.25) is 0 Å². The van der Waals surface area contributed by atoms with Gasteiger partial charge in [-0.2, -0.15) is 0 Å². The first-order valence-corrected chi connectivity index (χ1v) is 11.0. The van der Waals surface area contributed by atoms with Crippen molar-refractivity contribution in [3.8, 4) is 17.2 Å². The van der Waals surface area contributed by atoms with E-state index in [0.717, 1.165) is 34.3 Å². The van der Waals surface area contributed by atoms with E-state index < -0.39 is 0 Å². The molecule has 0 aliphatic carbocycles. The number of hydrogen-bond acceptors (Lipinski definition) is 4. The van der Waals surface area contributed by atoms with Gasteiger partial charge in [0.1, 0.15) is 18.2 Å². The molecule has 0 radical (unpaired) electrons. The highest BCUT2D eigenvalue weighted by Crippen LogP contribution is 2.34. The molecule has 3 aromatic carbocycles. The fraction of sp³-hybridized carbons (Fsp3) is 0.280. The summed E-state index contributed by atoms with van der Waals surface area (Å²) in [5.74, 6) is 1.99. The minimum Gasteiger partial charge on any atom is -0.496 e. The van der Waals surface area contributed by atoms with Gasteiger partial charge < -0.3 is 19.5 Å². The normalized spacial score (nSPS) is 10.7. The SMILES string of the molecule is CCOc1cc(CNCCc2ccccc2OC)c(Br)cc1OCc1ccc(F)cc1. The van der Waals surface area contributed by atoms with Crippen molar-refractivity contribution in [2.45, 2.75) is 26.5 Å². The molecule has 6 heteroatoms. The third kappa shape index (κ3) is 6.71. The van der Waals surface area contributed by atoms with Crippen LogP contribution < -0.4 is 19.5 Å². The predicted octanol–water partition coefficient (Wildman–Crippen LogP) is 5.91. The fourth-order valence-corrected chi connectivity index (χ4v) is 3.65. The van der Waals surface area contributed by atoms with Gasteiger partial charge in [-0.15, -0.1) is 0 Å². The van der Waals surface area contributed by atoms with E-state index in [1.54, 1.807) is 19.2 Å². The van der Waals surface area contributed by atoms with E-state index in [-0.39, 0.29) is 5.82 Å². The lowest BCUT2D eigenvalue weighted by atomic mass is 10.1. The molecule has 0 bridgehead atoms. The highest BCUT2D eigenvalue weighted by atomic mass is 79.9. The Labute approximate surface area is 191 Å². The van der Waals surface area contributed by atoms with Gasteiger partial charge in [0.15, 0.2) is 11.5 Å². The van der Waals surface area contributed by atoms with Crippen LogP contribution in [0.2, 0.25) is 0 Å². The molecule has 0 aliphatic heterocycles. The van der Waals surface area contributed by atoms with Crippen molar-refractivity contribution in [1.82, 2.24) is 5.32 Å². The second-order valence-corrected chi connectivity index (χ2v) is 7.83. The molecule has 3 rings (SSSR count). The van der Waals surface area contributed by atoms with Crippen molar-refractivity contribution in [3.63, 3.8) is 0 Å². The van der Waals surface area contributed by atoms with Gasteiger partial charge in [-0.05, 0) is 66.9 Å². The van der Waals surface area contributed by atoms with Crippen LogP contribution in [0.3, 0.4) is 0 Å². The molecule has 0 saturated heterocycles. The minimum atomic E-state index is -0.260. The molecule has 4 nitrogen and oxygen atoms in total. The van der Waals surface area contributed by atoms with Crippen LogP contribution in [0.15, 0.2) is 65.1 Å². The van der Waals surface area contributed by atoms with Crippen LogP contribution in [0.5, 0.6) is 17.2 Å². The molecule has 1 N–H and O–H groups in total. The molecular weight excluding hydrogens is 461 g/mol. The maximum Gasteiger partial charge on any atom is 0.162 e. The summed E-state index contributed by atoms with van der Waals surface area (Å²) in [7, 11) is 1.69. The van der Waals surface area contributed by atoms with E-state index >= 15 is 0 Å². The first kappa shape index (κ1) is 23.1. The number of rotatable bonds is 11. The second-order valence-electron chi connectivity index (χ2n) is 6.98. The number of methoxy groups -OCH3 is 1. The zero-order valence-corrected chi connectivity index (χ0v) is 19.4. The van der Waals surface area contributed by atoms with Crippen LogP contribution in [0, 0.1) is 5.82 Å². The number of halogens is 2. The van der Waals surface area contributed by atoms with Crippen LogP contribution >= 0.6 is 15.9 Å². The Balaban J connectivity index is 1.61. The molecule has 0 unspecified atom stereocenters. The first-order chi connectivity index (χ1) is 15.1. The predicted molar refractivity (Wildman–Crippen MR) is 124 cm³/mol. The van der Waals surface area contributed by atoms with Crippen LogP contribution in [0.1, 0.15) is 23.6 Å². The largest absolute Gasteiger partial charge is 0.496 e. The summed E-state index contributed by atoms with van der Waals surface area (Å²) in [6, 6.07) is 18.2. The maximum atomic E-state index is 13.1. The van der Waals surface area contributed by atoms with Crippen molar-refractivity contribution in [2.75, 3.05) is 20.3 Å². The lowest BCUT2D eigenvalue weighted by Gasteiger charge is -2.16. The molecule has 0 heterocycles. The second kappa shape index (κ2) is 11.7. The Kier molecular flexibility index (Phi) is 8.74. The fourth-order valence-electron chi connectivity index (χ4n) is 3.19. The summed E-state index contributed by atoms with van der Waals surface area (Å²) in [6.45, 7) is 4.32.